The van der Waals surface area contributed by atoms with Crippen LogP contribution in [0, 0.1) is 5.92 Å². The van der Waals surface area contributed by atoms with E-state index in [-0.39, 0.29) is 0 Å². The summed E-state index contributed by atoms with van der Waals surface area (Å²) in [6, 6.07) is 0. The number of hydrogen-bond donors (Lipinski definition) is 0. The van der Waals surface area contributed by atoms with E-state index < -0.39 is 0 Å². The molecule has 0 radical (unpaired) electrons. The number of allylic oxidation sites excluding steroid dienone is 2. The maximum absolute atomic E-state index is 11.2. The van der Waals surface area contributed by atoms with E-state index in [0.29, 0.717) is 5.78 Å². The Hall–Kier alpha value is -0.110. The standard InChI is InChI=1S/C10H13BrO/c11-10-8(5-6-9(10)12)7-3-1-2-4-7/h7H,1-6H2. The van der Waals surface area contributed by atoms with Crippen molar-refractivity contribution >= 4 is 21.7 Å². The summed E-state index contributed by atoms with van der Waals surface area (Å²) in [4.78, 5) is 11.2. The third-order valence-corrected chi connectivity index (χ3v) is 3.95. The Labute approximate surface area is 81.4 Å². The lowest BCUT2D eigenvalue weighted by Crippen LogP contribution is -1.97. The van der Waals surface area contributed by atoms with E-state index in [4.69, 9.17) is 0 Å². The van der Waals surface area contributed by atoms with Crippen molar-refractivity contribution in [1.82, 2.24) is 0 Å². The van der Waals surface area contributed by atoms with Crippen molar-refractivity contribution in [2.45, 2.75) is 38.5 Å². The fraction of sp³-hybridized carbons (Fsp3) is 0.700. The molecule has 0 unspecified atom stereocenters. The maximum atomic E-state index is 11.2. The molecule has 1 saturated carbocycles. The fourth-order valence-electron chi connectivity index (χ4n) is 2.30. The van der Waals surface area contributed by atoms with Crippen LogP contribution in [0.25, 0.3) is 0 Å². The van der Waals surface area contributed by atoms with Crippen LogP contribution < -0.4 is 0 Å². The van der Waals surface area contributed by atoms with Gasteiger partial charge in [-0.15, -0.1) is 0 Å². The average Bonchev–Trinajstić information content (AvgIpc) is 2.64. The summed E-state index contributed by atoms with van der Waals surface area (Å²) < 4.78 is 0.911. The molecule has 0 aromatic carbocycles. The normalized spacial score (nSPS) is 25.9. The lowest BCUT2D eigenvalue weighted by Gasteiger charge is -2.09. The predicted molar refractivity (Wildman–Crippen MR) is 52.2 cm³/mol. The van der Waals surface area contributed by atoms with Gasteiger partial charge in [0.05, 0.1) is 4.48 Å². The minimum Gasteiger partial charge on any atom is -0.294 e. The highest BCUT2D eigenvalue weighted by molar-refractivity contribution is 9.12. The molecule has 2 heteroatoms. The molecule has 2 aliphatic carbocycles. The molecule has 2 aliphatic rings. The third kappa shape index (κ3) is 1.37. The van der Waals surface area contributed by atoms with Gasteiger partial charge in [-0.05, 0) is 46.7 Å². The molecule has 0 aliphatic heterocycles. The van der Waals surface area contributed by atoms with Gasteiger partial charge in [-0.25, -0.2) is 0 Å². The van der Waals surface area contributed by atoms with Gasteiger partial charge < -0.3 is 0 Å². The van der Waals surface area contributed by atoms with Crippen LogP contribution in [0.5, 0.6) is 0 Å². The van der Waals surface area contributed by atoms with E-state index >= 15 is 0 Å². The summed E-state index contributed by atoms with van der Waals surface area (Å²) in [7, 11) is 0. The van der Waals surface area contributed by atoms with Gasteiger partial charge in [-0.2, -0.15) is 0 Å². The van der Waals surface area contributed by atoms with E-state index in [1.54, 1.807) is 0 Å². The van der Waals surface area contributed by atoms with Crippen molar-refractivity contribution in [1.29, 1.82) is 0 Å². The monoisotopic (exact) mass is 228 g/mol. The number of Topliss-reactive ketones (excluding diaryl/α,β-unsaturated/α-hetero) is 1. The molecule has 0 bridgehead atoms. The maximum Gasteiger partial charge on any atom is 0.170 e. The van der Waals surface area contributed by atoms with Gasteiger partial charge in [0, 0.05) is 6.42 Å². The van der Waals surface area contributed by atoms with Gasteiger partial charge in [0.1, 0.15) is 0 Å². The number of carbonyl (C=O) groups excluding carboxylic acids is 1. The van der Waals surface area contributed by atoms with Crippen LogP contribution in [0.1, 0.15) is 38.5 Å². The highest BCUT2D eigenvalue weighted by Crippen LogP contribution is 2.40. The molecule has 2 rings (SSSR count). The zero-order chi connectivity index (χ0) is 8.55. The Kier molecular flexibility index (Phi) is 2.35. The van der Waals surface area contributed by atoms with Crippen LogP contribution in [0.15, 0.2) is 10.1 Å². The van der Waals surface area contributed by atoms with Crippen LogP contribution in [0.4, 0.5) is 0 Å². The van der Waals surface area contributed by atoms with E-state index in [1.807, 2.05) is 0 Å². The van der Waals surface area contributed by atoms with Crippen molar-refractivity contribution in [3.8, 4) is 0 Å². The number of carbonyl (C=O) groups is 1. The number of halogens is 1. The Balaban J connectivity index is 2.16. The second kappa shape index (κ2) is 3.33. The van der Waals surface area contributed by atoms with Crippen molar-refractivity contribution < 1.29 is 4.79 Å². The summed E-state index contributed by atoms with van der Waals surface area (Å²) in [6.45, 7) is 0. The molecule has 0 atom stereocenters. The smallest absolute Gasteiger partial charge is 0.170 e. The quantitative estimate of drug-likeness (QED) is 0.674. The van der Waals surface area contributed by atoms with Gasteiger partial charge >= 0.3 is 0 Å². The van der Waals surface area contributed by atoms with Crippen LogP contribution in [-0.2, 0) is 4.79 Å². The Morgan fingerprint density at radius 3 is 2.33 bits per heavy atom. The first-order valence-corrected chi connectivity index (χ1v) is 5.50. The fourth-order valence-corrected chi connectivity index (χ4v) is 3.02. The molecule has 66 valence electrons. The van der Waals surface area contributed by atoms with Gasteiger partial charge in [0.2, 0.25) is 0 Å². The van der Waals surface area contributed by atoms with E-state index in [0.717, 1.165) is 23.2 Å². The van der Waals surface area contributed by atoms with Crippen LogP contribution in [0.3, 0.4) is 0 Å². The minimum absolute atomic E-state index is 0.317. The van der Waals surface area contributed by atoms with Crippen molar-refractivity contribution in [2.75, 3.05) is 0 Å². The Morgan fingerprint density at radius 2 is 1.83 bits per heavy atom. The third-order valence-electron chi connectivity index (χ3n) is 3.00. The lowest BCUT2D eigenvalue weighted by molar-refractivity contribution is -0.114. The minimum atomic E-state index is 0.317. The van der Waals surface area contributed by atoms with Crippen molar-refractivity contribution in [2.24, 2.45) is 5.92 Å². The summed E-state index contributed by atoms with van der Waals surface area (Å²) in [5.41, 5.74) is 1.41. The average molecular weight is 229 g/mol. The summed E-state index contributed by atoms with van der Waals surface area (Å²) in [5, 5.41) is 0. The Bertz CT molecular complexity index is 236. The van der Waals surface area contributed by atoms with E-state index in [9.17, 15) is 4.79 Å². The van der Waals surface area contributed by atoms with E-state index in [1.165, 1.54) is 31.3 Å². The molecule has 1 fully saturated rings. The first kappa shape index (κ1) is 8.49. The molecule has 0 amide bonds. The summed E-state index contributed by atoms with van der Waals surface area (Å²) in [6.07, 6.45) is 7.07. The lowest BCUT2D eigenvalue weighted by atomic mass is 9.97. The zero-order valence-corrected chi connectivity index (χ0v) is 8.69. The Morgan fingerprint density at radius 1 is 1.17 bits per heavy atom. The molecular weight excluding hydrogens is 216 g/mol. The molecule has 0 aromatic heterocycles. The molecular formula is C10H13BrO. The first-order chi connectivity index (χ1) is 5.79. The number of hydrogen-bond acceptors (Lipinski definition) is 1. The highest BCUT2D eigenvalue weighted by atomic mass is 79.9. The van der Waals surface area contributed by atoms with E-state index in [2.05, 4.69) is 15.9 Å². The van der Waals surface area contributed by atoms with Gasteiger partial charge in [-0.1, -0.05) is 12.8 Å². The van der Waals surface area contributed by atoms with Gasteiger partial charge in [0.25, 0.3) is 0 Å². The molecule has 0 spiro atoms. The zero-order valence-electron chi connectivity index (χ0n) is 7.11. The highest BCUT2D eigenvalue weighted by Gasteiger charge is 2.28. The SMILES string of the molecule is O=C1CCC(C2CCCC2)=C1Br. The van der Waals surface area contributed by atoms with Crippen molar-refractivity contribution in [3.63, 3.8) is 0 Å². The molecule has 12 heavy (non-hydrogen) atoms. The topological polar surface area (TPSA) is 17.1 Å². The first-order valence-electron chi connectivity index (χ1n) is 4.71. The van der Waals surface area contributed by atoms with Crippen molar-refractivity contribution in [3.05, 3.63) is 10.1 Å². The van der Waals surface area contributed by atoms with Gasteiger partial charge in [0.15, 0.2) is 5.78 Å². The second-order valence-electron chi connectivity index (χ2n) is 3.74. The molecule has 1 nitrogen and oxygen atoms in total. The molecule has 0 saturated heterocycles. The van der Waals surface area contributed by atoms with Crippen LogP contribution >= 0.6 is 15.9 Å². The summed E-state index contributed by atoms with van der Waals surface area (Å²) in [5.74, 6) is 1.04. The van der Waals surface area contributed by atoms with Crippen LogP contribution in [-0.4, -0.2) is 5.78 Å². The summed E-state index contributed by atoms with van der Waals surface area (Å²) >= 11 is 3.41. The molecule has 0 N–H and O–H groups in total. The second-order valence-corrected chi connectivity index (χ2v) is 4.54. The predicted octanol–water partition coefficient (Wildman–Crippen LogP) is 3.19. The number of ketones is 1. The van der Waals surface area contributed by atoms with Crippen LogP contribution in [0.2, 0.25) is 0 Å². The molecule has 0 aromatic rings. The largest absolute Gasteiger partial charge is 0.294 e. The molecule has 0 heterocycles. The number of rotatable bonds is 1. The van der Waals surface area contributed by atoms with Gasteiger partial charge in [-0.3, -0.25) is 4.79 Å².